The zero-order valence-electron chi connectivity index (χ0n) is 7.40. The largest absolute Gasteiger partial charge is 0.481 e. The summed E-state index contributed by atoms with van der Waals surface area (Å²) in [5, 5.41) is 12.8. The van der Waals surface area contributed by atoms with Crippen LogP contribution in [-0.4, -0.2) is 16.8 Å². The van der Waals surface area contributed by atoms with Crippen LogP contribution in [0.5, 0.6) is 0 Å². The van der Waals surface area contributed by atoms with Crippen molar-refractivity contribution in [3.05, 3.63) is 22.4 Å². The molecule has 0 aliphatic carbocycles. The van der Waals surface area contributed by atoms with Gasteiger partial charge in [-0.1, -0.05) is 6.92 Å². The summed E-state index contributed by atoms with van der Waals surface area (Å²) < 4.78 is 0. The predicted octanol–water partition coefficient (Wildman–Crippen LogP) is 2.70. The van der Waals surface area contributed by atoms with E-state index < -0.39 is 5.97 Å². The van der Waals surface area contributed by atoms with Crippen LogP contribution in [0.3, 0.4) is 0 Å². The van der Waals surface area contributed by atoms with Gasteiger partial charge in [0.1, 0.15) is 0 Å². The van der Waals surface area contributed by atoms with E-state index in [1.54, 1.807) is 30.0 Å². The van der Waals surface area contributed by atoms with E-state index in [1.165, 1.54) is 5.56 Å². The molecule has 1 aromatic heterocycles. The number of aliphatic carboxylic acids is 1. The Hall–Kier alpha value is -0.480. The van der Waals surface area contributed by atoms with Crippen molar-refractivity contribution in [2.75, 3.05) is 5.75 Å². The maximum Gasteiger partial charge on any atom is 0.307 e. The molecule has 0 amide bonds. The minimum atomic E-state index is -0.710. The molecular weight excluding hydrogens is 204 g/mol. The summed E-state index contributed by atoms with van der Waals surface area (Å²) in [6.07, 6.45) is 0. The molecule has 1 aromatic rings. The summed E-state index contributed by atoms with van der Waals surface area (Å²) in [6.45, 7) is 1.74. The highest BCUT2D eigenvalue weighted by molar-refractivity contribution is 7.98. The quantitative estimate of drug-likeness (QED) is 0.822. The van der Waals surface area contributed by atoms with Crippen LogP contribution in [-0.2, 0) is 10.5 Å². The Kier molecular flexibility index (Phi) is 4.32. The molecule has 0 aromatic carbocycles. The van der Waals surface area contributed by atoms with Gasteiger partial charge in [-0.05, 0) is 22.4 Å². The van der Waals surface area contributed by atoms with Crippen LogP contribution in [0.25, 0.3) is 0 Å². The van der Waals surface area contributed by atoms with Gasteiger partial charge in [0.25, 0.3) is 0 Å². The van der Waals surface area contributed by atoms with Gasteiger partial charge >= 0.3 is 5.97 Å². The predicted molar refractivity (Wildman–Crippen MR) is 57.3 cm³/mol. The van der Waals surface area contributed by atoms with E-state index in [0.29, 0.717) is 5.75 Å². The molecule has 1 rings (SSSR count). The van der Waals surface area contributed by atoms with Crippen molar-refractivity contribution in [1.29, 1.82) is 0 Å². The summed E-state index contributed by atoms with van der Waals surface area (Å²) in [4.78, 5) is 10.5. The Morgan fingerprint density at radius 1 is 1.77 bits per heavy atom. The molecule has 4 heteroatoms. The van der Waals surface area contributed by atoms with Crippen LogP contribution in [0.2, 0.25) is 0 Å². The highest BCUT2D eigenvalue weighted by Crippen LogP contribution is 2.17. The summed E-state index contributed by atoms with van der Waals surface area (Å²) >= 11 is 3.35. The fourth-order valence-electron chi connectivity index (χ4n) is 0.800. The van der Waals surface area contributed by atoms with Crippen LogP contribution in [0.4, 0.5) is 0 Å². The molecule has 2 nitrogen and oxygen atoms in total. The van der Waals surface area contributed by atoms with Crippen molar-refractivity contribution in [2.45, 2.75) is 12.7 Å². The number of thioether (sulfide) groups is 1. The van der Waals surface area contributed by atoms with Crippen molar-refractivity contribution < 1.29 is 9.90 Å². The van der Waals surface area contributed by atoms with E-state index in [2.05, 4.69) is 11.4 Å². The van der Waals surface area contributed by atoms with Gasteiger partial charge < -0.3 is 5.11 Å². The second-order valence-electron chi connectivity index (χ2n) is 2.89. The third kappa shape index (κ3) is 3.83. The summed E-state index contributed by atoms with van der Waals surface area (Å²) in [5.41, 5.74) is 1.28. The lowest BCUT2D eigenvalue weighted by molar-refractivity contribution is -0.140. The van der Waals surface area contributed by atoms with Crippen molar-refractivity contribution in [3.63, 3.8) is 0 Å². The number of carbonyl (C=O) groups is 1. The fraction of sp³-hybridized carbons (Fsp3) is 0.444. The van der Waals surface area contributed by atoms with Gasteiger partial charge in [0.2, 0.25) is 0 Å². The average Bonchev–Trinajstić information content (AvgIpc) is 2.56. The smallest absolute Gasteiger partial charge is 0.307 e. The third-order valence-electron chi connectivity index (χ3n) is 1.64. The number of rotatable bonds is 5. The molecule has 13 heavy (non-hydrogen) atoms. The summed E-state index contributed by atoms with van der Waals surface area (Å²) in [5.74, 6) is 0.646. The molecular formula is C9H12O2S2. The number of carboxylic acid groups (broad SMARTS) is 1. The lowest BCUT2D eigenvalue weighted by atomic mass is 10.2. The Morgan fingerprint density at radius 3 is 3.08 bits per heavy atom. The molecule has 0 spiro atoms. The molecule has 1 unspecified atom stereocenters. The number of thiophene rings is 1. The van der Waals surface area contributed by atoms with E-state index in [9.17, 15) is 4.79 Å². The van der Waals surface area contributed by atoms with Crippen molar-refractivity contribution in [3.8, 4) is 0 Å². The highest BCUT2D eigenvalue weighted by atomic mass is 32.2. The third-order valence-corrected chi connectivity index (χ3v) is 3.64. The van der Waals surface area contributed by atoms with Gasteiger partial charge in [0.05, 0.1) is 5.92 Å². The number of hydrogen-bond acceptors (Lipinski definition) is 3. The summed E-state index contributed by atoms with van der Waals surface area (Å²) in [7, 11) is 0. The molecule has 0 fully saturated rings. The number of hydrogen-bond donors (Lipinski definition) is 1. The molecule has 72 valence electrons. The molecule has 0 radical (unpaired) electrons. The molecule has 0 saturated heterocycles. The van der Waals surface area contributed by atoms with E-state index in [0.717, 1.165) is 5.75 Å². The van der Waals surface area contributed by atoms with Crippen molar-refractivity contribution in [1.82, 2.24) is 0 Å². The molecule has 0 aliphatic heterocycles. The molecule has 1 N–H and O–H groups in total. The van der Waals surface area contributed by atoms with Gasteiger partial charge in [-0.25, -0.2) is 0 Å². The second kappa shape index (κ2) is 5.29. The molecule has 0 aliphatic rings. The first-order valence-corrected chi connectivity index (χ1v) is 6.11. The maximum atomic E-state index is 10.5. The first-order chi connectivity index (χ1) is 6.20. The fourth-order valence-corrected chi connectivity index (χ4v) is 2.60. The van der Waals surface area contributed by atoms with Gasteiger partial charge in [-0.15, -0.1) is 0 Å². The van der Waals surface area contributed by atoms with E-state index in [-0.39, 0.29) is 5.92 Å². The Bertz CT molecular complexity index is 257. The Morgan fingerprint density at radius 2 is 2.54 bits per heavy atom. The second-order valence-corrected chi connectivity index (χ2v) is 4.70. The Balaban J connectivity index is 2.18. The topological polar surface area (TPSA) is 37.3 Å². The number of carboxylic acids is 1. The molecule has 0 bridgehead atoms. The zero-order valence-corrected chi connectivity index (χ0v) is 9.03. The van der Waals surface area contributed by atoms with Crippen molar-refractivity contribution >= 4 is 29.1 Å². The Labute approximate surface area is 86.0 Å². The molecule has 1 atom stereocenters. The van der Waals surface area contributed by atoms with Crippen molar-refractivity contribution in [2.24, 2.45) is 5.92 Å². The van der Waals surface area contributed by atoms with Crippen LogP contribution < -0.4 is 0 Å². The van der Waals surface area contributed by atoms with Crippen LogP contribution >= 0.6 is 23.1 Å². The zero-order chi connectivity index (χ0) is 9.68. The maximum absolute atomic E-state index is 10.5. The SMILES string of the molecule is CC(CSCc1ccsc1)C(=O)O. The standard InChI is InChI=1S/C9H12O2S2/c1-7(9(10)11)4-13-6-8-2-3-12-5-8/h2-3,5,7H,4,6H2,1H3,(H,10,11). The highest BCUT2D eigenvalue weighted by Gasteiger charge is 2.10. The monoisotopic (exact) mass is 216 g/mol. The van der Waals surface area contributed by atoms with Crippen LogP contribution in [0.15, 0.2) is 16.8 Å². The van der Waals surface area contributed by atoms with Gasteiger partial charge in [0.15, 0.2) is 0 Å². The summed E-state index contributed by atoms with van der Waals surface area (Å²) in [6, 6.07) is 2.07. The average molecular weight is 216 g/mol. The molecule has 1 heterocycles. The van der Waals surface area contributed by atoms with Gasteiger partial charge in [-0.2, -0.15) is 23.1 Å². The van der Waals surface area contributed by atoms with E-state index >= 15 is 0 Å². The minimum Gasteiger partial charge on any atom is -0.481 e. The van der Waals surface area contributed by atoms with Crippen LogP contribution in [0.1, 0.15) is 12.5 Å². The normalized spacial score (nSPS) is 12.7. The van der Waals surface area contributed by atoms with Crippen LogP contribution in [0, 0.1) is 5.92 Å². The van der Waals surface area contributed by atoms with E-state index in [1.807, 2.05) is 5.38 Å². The minimum absolute atomic E-state index is 0.247. The lowest BCUT2D eigenvalue weighted by Crippen LogP contribution is -2.11. The van der Waals surface area contributed by atoms with E-state index in [4.69, 9.17) is 5.11 Å². The van der Waals surface area contributed by atoms with Gasteiger partial charge in [0, 0.05) is 11.5 Å². The molecule has 0 saturated carbocycles. The van der Waals surface area contributed by atoms with Gasteiger partial charge in [-0.3, -0.25) is 4.79 Å². The first-order valence-electron chi connectivity index (χ1n) is 4.01. The lowest BCUT2D eigenvalue weighted by Gasteiger charge is -2.04. The first kappa shape index (κ1) is 10.6.